The third kappa shape index (κ3) is 0.823. The molecule has 12 atom stereocenters. The summed E-state index contributed by atoms with van der Waals surface area (Å²) in [6, 6.07) is 0. The Hall–Kier alpha value is -0.920. The molecule has 0 bridgehead atoms. The molecule has 0 aromatic heterocycles. The van der Waals surface area contributed by atoms with E-state index in [1.54, 1.807) is 11.1 Å². The van der Waals surface area contributed by atoms with Crippen LogP contribution in [0.15, 0.2) is 23.7 Å². The third-order valence-electron chi connectivity index (χ3n) is 9.57. The number of hydrogen-bond donors (Lipinski definition) is 0. The molecule has 6 saturated carbocycles. The first-order valence-electron chi connectivity index (χ1n) is 9.64. The highest BCUT2D eigenvalue weighted by atomic mass is 16.5. The second kappa shape index (κ2) is 3.03. The molecular formula is C20H22O2. The molecule has 0 saturated heterocycles. The van der Waals surface area contributed by atoms with E-state index in [1.165, 1.54) is 25.7 Å². The number of fused-ring (bicyclic) bond motifs is 4. The van der Waals surface area contributed by atoms with Crippen LogP contribution >= 0.6 is 0 Å². The molecule has 6 aliphatic carbocycles. The Labute approximate surface area is 130 Å². The van der Waals surface area contributed by atoms with Gasteiger partial charge in [0.05, 0.1) is 12.5 Å². The maximum Gasteiger partial charge on any atom is 0.101 e. The van der Waals surface area contributed by atoms with Gasteiger partial charge in [-0.15, -0.1) is 0 Å². The molecule has 22 heavy (non-hydrogen) atoms. The van der Waals surface area contributed by atoms with Crippen molar-refractivity contribution in [2.24, 2.45) is 59.2 Å². The Kier molecular flexibility index (Phi) is 1.49. The number of hydrogen-bond acceptors (Lipinski definition) is 2. The van der Waals surface area contributed by atoms with Crippen LogP contribution in [-0.4, -0.2) is 12.2 Å². The van der Waals surface area contributed by atoms with Gasteiger partial charge < -0.3 is 9.47 Å². The number of ether oxygens (including phenoxy) is 2. The van der Waals surface area contributed by atoms with Gasteiger partial charge in [-0.1, -0.05) is 0 Å². The van der Waals surface area contributed by atoms with Crippen molar-refractivity contribution in [3.05, 3.63) is 23.7 Å². The second-order valence-corrected chi connectivity index (χ2v) is 9.48. The van der Waals surface area contributed by atoms with Crippen molar-refractivity contribution in [3.8, 4) is 0 Å². The van der Waals surface area contributed by atoms with Crippen molar-refractivity contribution in [2.75, 3.05) is 0 Å². The zero-order valence-electron chi connectivity index (χ0n) is 12.7. The van der Waals surface area contributed by atoms with Gasteiger partial charge in [0.1, 0.15) is 12.2 Å². The normalized spacial score (nSPS) is 69.5. The predicted molar refractivity (Wildman–Crippen MR) is 79.3 cm³/mol. The molecule has 0 unspecified atom stereocenters. The van der Waals surface area contributed by atoms with Crippen LogP contribution < -0.4 is 0 Å². The molecule has 6 fully saturated rings. The summed E-state index contributed by atoms with van der Waals surface area (Å²) < 4.78 is 12.6. The van der Waals surface area contributed by atoms with E-state index in [4.69, 9.17) is 9.47 Å². The smallest absolute Gasteiger partial charge is 0.101 e. The van der Waals surface area contributed by atoms with Gasteiger partial charge in [-0.25, -0.2) is 0 Å². The SMILES string of the molecule is C1=C2[C@@H]3[C@@H]4CC[C@@H]5OC=C6[C@@H]7[C@@H]8CC[C@H](O1)[C@@H]8[C@H]2[C@H]7[C@H]3[C@H]6[C@H]45. The molecule has 2 heteroatoms. The maximum atomic E-state index is 6.30. The van der Waals surface area contributed by atoms with Crippen molar-refractivity contribution < 1.29 is 9.47 Å². The highest BCUT2D eigenvalue weighted by molar-refractivity contribution is 5.43. The van der Waals surface area contributed by atoms with E-state index in [-0.39, 0.29) is 0 Å². The summed E-state index contributed by atoms with van der Waals surface area (Å²) in [5, 5.41) is 0. The Balaban J connectivity index is 1.45. The average Bonchev–Trinajstić information content (AvgIpc) is 3.29. The van der Waals surface area contributed by atoms with Gasteiger partial charge in [-0.3, -0.25) is 0 Å². The number of allylic oxidation sites excluding steroid dienone is 2. The molecule has 8 rings (SSSR count). The van der Waals surface area contributed by atoms with E-state index in [2.05, 4.69) is 12.5 Å². The lowest BCUT2D eigenvalue weighted by atomic mass is 9.75. The first-order chi connectivity index (χ1) is 10.9. The summed E-state index contributed by atoms with van der Waals surface area (Å²) in [5.74, 6) is 9.04. The minimum atomic E-state index is 0.554. The fourth-order valence-electron chi connectivity index (χ4n) is 9.59. The topological polar surface area (TPSA) is 18.5 Å². The lowest BCUT2D eigenvalue weighted by Gasteiger charge is -2.36. The van der Waals surface area contributed by atoms with Crippen LogP contribution in [0.3, 0.4) is 0 Å². The van der Waals surface area contributed by atoms with Gasteiger partial charge in [-0.05, 0) is 84.2 Å². The van der Waals surface area contributed by atoms with Crippen molar-refractivity contribution in [3.63, 3.8) is 0 Å². The molecule has 2 aliphatic heterocycles. The second-order valence-electron chi connectivity index (χ2n) is 9.48. The highest BCUT2D eigenvalue weighted by Gasteiger charge is 2.77. The standard InChI is InChI=1S/C20H22O2/c1-3-11-15-7(1)13-9-5-22-12-4-2-8-14-10(6-21-11)17(15)19(13)20(14)18(9)16(8)12/h5-8,11-20H,1-4H2/t7-,8-,11-,12-,13-,14-,15+,16+,17-,18+,19-,20+/m0/s1. The number of rotatable bonds is 0. The van der Waals surface area contributed by atoms with Crippen LogP contribution in [0.5, 0.6) is 0 Å². The van der Waals surface area contributed by atoms with E-state index in [1.807, 2.05) is 0 Å². The Bertz CT molecular complexity index is 619. The molecule has 0 amide bonds. The monoisotopic (exact) mass is 294 g/mol. The lowest BCUT2D eigenvalue weighted by molar-refractivity contribution is 0.0417. The zero-order chi connectivity index (χ0) is 13.7. The van der Waals surface area contributed by atoms with Crippen LogP contribution in [0.2, 0.25) is 0 Å². The Morgan fingerprint density at radius 3 is 1.59 bits per heavy atom. The van der Waals surface area contributed by atoms with Crippen molar-refractivity contribution in [2.45, 2.75) is 37.9 Å². The summed E-state index contributed by atoms with van der Waals surface area (Å²) in [4.78, 5) is 0. The van der Waals surface area contributed by atoms with E-state index in [9.17, 15) is 0 Å². The van der Waals surface area contributed by atoms with E-state index in [0.29, 0.717) is 12.2 Å². The fraction of sp³-hybridized carbons (Fsp3) is 0.800. The maximum absolute atomic E-state index is 6.30. The largest absolute Gasteiger partial charge is 0.498 e. The van der Waals surface area contributed by atoms with Crippen molar-refractivity contribution in [1.29, 1.82) is 0 Å². The minimum Gasteiger partial charge on any atom is -0.498 e. The fourth-order valence-corrected chi connectivity index (χ4v) is 9.59. The quantitative estimate of drug-likeness (QED) is 0.682. The molecule has 0 radical (unpaired) electrons. The highest BCUT2D eigenvalue weighted by Crippen LogP contribution is 2.80. The van der Waals surface area contributed by atoms with Gasteiger partial charge in [0, 0.05) is 11.8 Å². The van der Waals surface area contributed by atoms with E-state index in [0.717, 1.165) is 59.2 Å². The van der Waals surface area contributed by atoms with Crippen LogP contribution in [0.4, 0.5) is 0 Å². The molecule has 8 aliphatic rings. The average molecular weight is 294 g/mol. The molecule has 0 aromatic rings. The zero-order valence-corrected chi connectivity index (χ0v) is 12.7. The molecular weight excluding hydrogens is 272 g/mol. The molecule has 2 nitrogen and oxygen atoms in total. The Morgan fingerprint density at radius 2 is 1.09 bits per heavy atom. The van der Waals surface area contributed by atoms with Crippen molar-refractivity contribution in [1.82, 2.24) is 0 Å². The minimum absolute atomic E-state index is 0.554. The Morgan fingerprint density at radius 1 is 0.591 bits per heavy atom. The van der Waals surface area contributed by atoms with Crippen molar-refractivity contribution >= 4 is 0 Å². The summed E-state index contributed by atoms with van der Waals surface area (Å²) in [6.07, 6.45) is 11.1. The van der Waals surface area contributed by atoms with Crippen LogP contribution in [-0.2, 0) is 9.47 Å². The van der Waals surface area contributed by atoms with E-state index < -0.39 is 0 Å². The molecule has 2 heterocycles. The first-order valence-corrected chi connectivity index (χ1v) is 9.64. The lowest BCUT2D eigenvalue weighted by Crippen LogP contribution is -2.34. The van der Waals surface area contributed by atoms with Gasteiger partial charge in [-0.2, -0.15) is 0 Å². The summed E-state index contributed by atoms with van der Waals surface area (Å²) in [7, 11) is 0. The van der Waals surface area contributed by atoms with Gasteiger partial charge in [0.2, 0.25) is 0 Å². The molecule has 0 N–H and O–H groups in total. The van der Waals surface area contributed by atoms with Gasteiger partial charge >= 0.3 is 0 Å². The molecule has 0 aromatic carbocycles. The third-order valence-corrected chi connectivity index (χ3v) is 9.57. The van der Waals surface area contributed by atoms with Gasteiger partial charge in [0.15, 0.2) is 0 Å². The van der Waals surface area contributed by atoms with Crippen LogP contribution in [0.1, 0.15) is 25.7 Å². The first kappa shape index (κ1) is 10.8. The summed E-state index contributed by atoms with van der Waals surface area (Å²) >= 11 is 0. The molecule has 114 valence electrons. The summed E-state index contributed by atoms with van der Waals surface area (Å²) in [6.45, 7) is 0. The van der Waals surface area contributed by atoms with E-state index >= 15 is 0 Å². The van der Waals surface area contributed by atoms with Gasteiger partial charge in [0.25, 0.3) is 0 Å². The van der Waals surface area contributed by atoms with Crippen LogP contribution in [0.25, 0.3) is 0 Å². The summed E-state index contributed by atoms with van der Waals surface area (Å²) in [5.41, 5.74) is 3.56. The predicted octanol–water partition coefficient (Wildman–Crippen LogP) is 3.36. The molecule has 0 spiro atoms. The van der Waals surface area contributed by atoms with Crippen LogP contribution in [0, 0.1) is 59.2 Å².